The first-order valence-electron chi connectivity index (χ1n) is 9.66. The second-order valence-electron chi connectivity index (χ2n) is 8.25. The Kier molecular flexibility index (Phi) is 5.91. The molecule has 3 aromatic carbocycles. The smallest absolute Gasteiger partial charge is 0.163 e. The summed E-state index contributed by atoms with van der Waals surface area (Å²) in [6, 6.07) is 28.9. The molecule has 0 aliphatic rings. The van der Waals surface area contributed by atoms with Crippen molar-refractivity contribution in [1.82, 2.24) is 0 Å². The fourth-order valence-corrected chi connectivity index (χ4v) is 3.42. The molecule has 0 spiro atoms. The molecule has 0 aliphatic heterocycles. The molecule has 0 amide bonds. The predicted octanol–water partition coefficient (Wildman–Crippen LogP) is 6.58. The van der Waals surface area contributed by atoms with E-state index in [0.717, 1.165) is 12.0 Å². The van der Waals surface area contributed by atoms with Gasteiger partial charge < -0.3 is 0 Å². The predicted molar refractivity (Wildman–Crippen MR) is 113 cm³/mol. The third kappa shape index (κ3) is 5.17. The average Bonchev–Trinajstić information content (AvgIpc) is 2.68. The summed E-state index contributed by atoms with van der Waals surface area (Å²) >= 11 is 0. The van der Waals surface area contributed by atoms with Gasteiger partial charge in [0.25, 0.3) is 0 Å². The van der Waals surface area contributed by atoms with Crippen molar-refractivity contribution < 1.29 is 4.79 Å². The molecule has 0 saturated carbocycles. The van der Waals surface area contributed by atoms with Crippen molar-refractivity contribution in [3.63, 3.8) is 0 Å². The Bertz CT molecular complexity index is 856. The SMILES string of the molecule is CC(C)(C)c1ccc(C[C@@H](CC(=O)c2ccccc2)c2ccccc2)cc1. The third-order valence-corrected chi connectivity index (χ3v) is 5.10. The minimum atomic E-state index is 0.153. The van der Waals surface area contributed by atoms with Crippen molar-refractivity contribution in [3.05, 3.63) is 107 Å². The lowest BCUT2D eigenvalue weighted by molar-refractivity contribution is 0.0973. The number of rotatable bonds is 6. The minimum Gasteiger partial charge on any atom is -0.294 e. The number of carbonyl (C=O) groups is 1. The standard InChI is InChI=1S/C26H28O/c1-26(2,3)24-16-14-20(15-17-24)18-23(21-10-6-4-7-11-21)19-25(27)22-12-8-5-9-13-22/h4-17,23H,18-19H2,1-3H3/t23-/m0/s1. The van der Waals surface area contributed by atoms with Gasteiger partial charge in [0.05, 0.1) is 0 Å². The number of ketones is 1. The van der Waals surface area contributed by atoms with Gasteiger partial charge in [0, 0.05) is 12.0 Å². The molecule has 0 fully saturated rings. The molecule has 138 valence electrons. The average molecular weight is 357 g/mol. The van der Waals surface area contributed by atoms with Crippen LogP contribution in [0.5, 0.6) is 0 Å². The van der Waals surface area contributed by atoms with E-state index in [1.807, 2.05) is 36.4 Å². The summed E-state index contributed by atoms with van der Waals surface area (Å²) in [5, 5.41) is 0. The zero-order valence-electron chi connectivity index (χ0n) is 16.5. The van der Waals surface area contributed by atoms with Crippen molar-refractivity contribution in [2.45, 2.75) is 44.9 Å². The fraction of sp³-hybridized carbons (Fsp3) is 0.269. The van der Waals surface area contributed by atoms with E-state index in [9.17, 15) is 4.79 Å². The van der Waals surface area contributed by atoms with Gasteiger partial charge in [-0.2, -0.15) is 0 Å². The van der Waals surface area contributed by atoms with Gasteiger partial charge in [0.1, 0.15) is 0 Å². The van der Waals surface area contributed by atoms with Gasteiger partial charge >= 0.3 is 0 Å². The lowest BCUT2D eigenvalue weighted by Crippen LogP contribution is -2.12. The van der Waals surface area contributed by atoms with Crippen molar-refractivity contribution >= 4 is 5.78 Å². The van der Waals surface area contributed by atoms with E-state index >= 15 is 0 Å². The second-order valence-corrected chi connectivity index (χ2v) is 8.25. The normalized spacial score (nSPS) is 12.6. The maximum atomic E-state index is 12.8. The summed E-state index contributed by atoms with van der Waals surface area (Å²) in [5.74, 6) is 0.384. The van der Waals surface area contributed by atoms with Gasteiger partial charge in [-0.15, -0.1) is 0 Å². The van der Waals surface area contributed by atoms with E-state index in [4.69, 9.17) is 0 Å². The largest absolute Gasteiger partial charge is 0.294 e. The minimum absolute atomic E-state index is 0.153. The quantitative estimate of drug-likeness (QED) is 0.456. The lowest BCUT2D eigenvalue weighted by atomic mass is 9.84. The Morgan fingerprint density at radius 3 is 1.89 bits per heavy atom. The molecule has 0 unspecified atom stereocenters. The summed E-state index contributed by atoms with van der Waals surface area (Å²) in [6.45, 7) is 6.69. The first kappa shape index (κ1) is 19.1. The molecule has 0 N–H and O–H groups in total. The van der Waals surface area contributed by atoms with Crippen LogP contribution < -0.4 is 0 Å². The van der Waals surface area contributed by atoms with Crippen molar-refractivity contribution in [3.8, 4) is 0 Å². The van der Waals surface area contributed by atoms with Crippen LogP contribution in [0.1, 0.15) is 60.2 Å². The molecule has 0 saturated heterocycles. The van der Waals surface area contributed by atoms with Crippen LogP contribution in [-0.2, 0) is 11.8 Å². The zero-order chi connectivity index (χ0) is 19.3. The molecule has 1 nitrogen and oxygen atoms in total. The number of hydrogen-bond donors (Lipinski definition) is 0. The molecule has 27 heavy (non-hydrogen) atoms. The zero-order valence-corrected chi connectivity index (χ0v) is 16.5. The Hall–Kier alpha value is -2.67. The molecule has 0 aromatic heterocycles. The Morgan fingerprint density at radius 2 is 1.33 bits per heavy atom. The number of hydrogen-bond acceptors (Lipinski definition) is 1. The molecular weight excluding hydrogens is 328 g/mol. The van der Waals surface area contributed by atoms with Gasteiger partial charge in [-0.3, -0.25) is 4.79 Å². The van der Waals surface area contributed by atoms with Crippen LogP contribution in [0.25, 0.3) is 0 Å². The Balaban J connectivity index is 1.81. The van der Waals surface area contributed by atoms with Crippen LogP contribution >= 0.6 is 0 Å². The molecule has 1 heteroatoms. The molecule has 0 aliphatic carbocycles. The summed E-state index contributed by atoms with van der Waals surface area (Å²) in [4.78, 5) is 12.8. The topological polar surface area (TPSA) is 17.1 Å². The maximum absolute atomic E-state index is 12.8. The highest BCUT2D eigenvalue weighted by Gasteiger charge is 2.19. The highest BCUT2D eigenvalue weighted by Crippen LogP contribution is 2.28. The first-order valence-corrected chi connectivity index (χ1v) is 9.66. The van der Waals surface area contributed by atoms with E-state index in [1.54, 1.807) is 0 Å². The highest BCUT2D eigenvalue weighted by atomic mass is 16.1. The van der Waals surface area contributed by atoms with Crippen LogP contribution in [0.2, 0.25) is 0 Å². The van der Waals surface area contributed by atoms with Gasteiger partial charge in [-0.05, 0) is 34.4 Å². The van der Waals surface area contributed by atoms with E-state index in [0.29, 0.717) is 6.42 Å². The van der Waals surface area contributed by atoms with E-state index in [1.165, 1.54) is 16.7 Å². The molecule has 1 atom stereocenters. The number of carbonyl (C=O) groups excluding carboxylic acids is 1. The maximum Gasteiger partial charge on any atom is 0.163 e. The second kappa shape index (κ2) is 8.35. The number of Topliss-reactive ketones (excluding diaryl/α,β-unsaturated/α-hetero) is 1. The summed E-state index contributed by atoms with van der Waals surface area (Å²) in [7, 11) is 0. The van der Waals surface area contributed by atoms with Crippen molar-refractivity contribution in [1.29, 1.82) is 0 Å². The molecule has 0 bridgehead atoms. The molecule has 3 aromatic rings. The van der Waals surface area contributed by atoms with Crippen LogP contribution in [0, 0.1) is 0 Å². The summed E-state index contributed by atoms with van der Waals surface area (Å²) in [6.07, 6.45) is 1.39. The van der Waals surface area contributed by atoms with Crippen LogP contribution in [0.3, 0.4) is 0 Å². The monoisotopic (exact) mass is 356 g/mol. The van der Waals surface area contributed by atoms with Gasteiger partial charge in [0.15, 0.2) is 5.78 Å². The van der Waals surface area contributed by atoms with Crippen molar-refractivity contribution in [2.24, 2.45) is 0 Å². The van der Waals surface area contributed by atoms with Gasteiger partial charge in [-0.25, -0.2) is 0 Å². The summed E-state index contributed by atoms with van der Waals surface area (Å²) in [5.41, 5.74) is 4.78. The molecule has 3 rings (SSSR count). The van der Waals surface area contributed by atoms with E-state index in [2.05, 4.69) is 69.3 Å². The Labute approximate surface area is 163 Å². The van der Waals surface area contributed by atoms with Gasteiger partial charge in [-0.1, -0.05) is 106 Å². The van der Waals surface area contributed by atoms with Gasteiger partial charge in [0.2, 0.25) is 0 Å². The summed E-state index contributed by atoms with van der Waals surface area (Å²) < 4.78 is 0. The van der Waals surface area contributed by atoms with Crippen LogP contribution in [-0.4, -0.2) is 5.78 Å². The number of benzene rings is 3. The molecule has 0 heterocycles. The first-order chi connectivity index (χ1) is 12.9. The molecular formula is C26H28O. The van der Waals surface area contributed by atoms with E-state index in [-0.39, 0.29) is 17.1 Å². The van der Waals surface area contributed by atoms with Crippen LogP contribution in [0.15, 0.2) is 84.9 Å². The van der Waals surface area contributed by atoms with E-state index < -0.39 is 0 Å². The lowest BCUT2D eigenvalue weighted by Gasteiger charge is -2.21. The fourth-order valence-electron chi connectivity index (χ4n) is 3.42. The van der Waals surface area contributed by atoms with Crippen LogP contribution in [0.4, 0.5) is 0 Å². The van der Waals surface area contributed by atoms with Crippen molar-refractivity contribution in [2.75, 3.05) is 0 Å². The highest BCUT2D eigenvalue weighted by molar-refractivity contribution is 5.96. The molecule has 0 radical (unpaired) electrons. The third-order valence-electron chi connectivity index (χ3n) is 5.10. The Morgan fingerprint density at radius 1 is 0.778 bits per heavy atom.